The van der Waals surface area contributed by atoms with Crippen LogP contribution in [0.5, 0.6) is 0 Å². The third-order valence-electron chi connectivity index (χ3n) is 7.27. The number of para-hydroxylation sites is 2. The van der Waals surface area contributed by atoms with E-state index in [0.29, 0.717) is 70.6 Å². The fourth-order valence-electron chi connectivity index (χ4n) is 5.45. The van der Waals surface area contributed by atoms with Crippen molar-refractivity contribution < 1.29 is 14.3 Å². The summed E-state index contributed by atoms with van der Waals surface area (Å²) in [5, 5.41) is 5.54. The number of morpholine rings is 1. The van der Waals surface area contributed by atoms with Gasteiger partial charge in [-0.1, -0.05) is 32.0 Å². The molecule has 2 amide bonds. The van der Waals surface area contributed by atoms with Gasteiger partial charge in [0.05, 0.1) is 30.2 Å². The molecule has 0 spiro atoms. The molecule has 1 N–H and O–H groups in total. The molecule has 8 nitrogen and oxygen atoms in total. The Morgan fingerprint density at radius 1 is 1.16 bits per heavy atom. The summed E-state index contributed by atoms with van der Waals surface area (Å²) < 4.78 is 7.51. The maximum Gasteiger partial charge on any atom is 0.290 e. The monoisotopic (exact) mass is 523 g/mol. The van der Waals surface area contributed by atoms with E-state index in [0.717, 1.165) is 17.5 Å². The van der Waals surface area contributed by atoms with Crippen LogP contribution in [0.15, 0.2) is 41.8 Å². The van der Waals surface area contributed by atoms with Gasteiger partial charge in [0.1, 0.15) is 0 Å². The number of ether oxygens (including phenoxy) is 1. The fourth-order valence-corrected chi connectivity index (χ4v) is 6.15. The van der Waals surface area contributed by atoms with Gasteiger partial charge < -0.3 is 24.4 Å². The lowest BCUT2D eigenvalue weighted by Crippen LogP contribution is -2.56. The summed E-state index contributed by atoms with van der Waals surface area (Å²) in [6.07, 6.45) is 1.51. The number of piperidine rings is 1. The normalized spacial score (nSPS) is 20.5. The van der Waals surface area contributed by atoms with Crippen molar-refractivity contribution in [3.05, 3.63) is 52.5 Å². The summed E-state index contributed by atoms with van der Waals surface area (Å²) in [6, 6.07) is 12.1. The molecule has 2 atom stereocenters. The minimum Gasteiger partial charge on any atom is -0.378 e. The SMILES string of the molecule is CC(C)CN(C(=O)c1nc2ccccc2n1CCc1cccs1)[C@@H]1CNCC(C(=O)N2CCOCC2)C1. The van der Waals surface area contributed by atoms with Gasteiger partial charge in [-0.25, -0.2) is 4.98 Å². The van der Waals surface area contributed by atoms with E-state index in [4.69, 9.17) is 9.72 Å². The van der Waals surface area contributed by atoms with E-state index < -0.39 is 0 Å². The molecule has 0 aliphatic carbocycles. The first-order valence-corrected chi connectivity index (χ1v) is 14.2. The molecular weight excluding hydrogens is 486 g/mol. The van der Waals surface area contributed by atoms with Crippen molar-refractivity contribution in [1.29, 1.82) is 0 Å². The molecule has 2 aromatic heterocycles. The van der Waals surface area contributed by atoms with Crippen molar-refractivity contribution in [2.24, 2.45) is 11.8 Å². The Labute approximate surface area is 222 Å². The average Bonchev–Trinajstić information content (AvgIpc) is 3.58. The molecule has 3 aromatic rings. The number of rotatable bonds is 8. The van der Waals surface area contributed by atoms with E-state index in [9.17, 15) is 9.59 Å². The topological polar surface area (TPSA) is 79.7 Å². The number of carbonyl (C=O) groups is 2. The van der Waals surface area contributed by atoms with Crippen molar-refractivity contribution in [2.75, 3.05) is 45.9 Å². The van der Waals surface area contributed by atoms with E-state index in [-0.39, 0.29) is 23.8 Å². The highest BCUT2D eigenvalue weighted by molar-refractivity contribution is 7.09. The lowest BCUT2D eigenvalue weighted by molar-refractivity contribution is -0.140. The number of carbonyl (C=O) groups excluding carboxylic acids is 2. The van der Waals surface area contributed by atoms with Gasteiger partial charge in [-0.3, -0.25) is 9.59 Å². The van der Waals surface area contributed by atoms with Gasteiger partial charge in [0.2, 0.25) is 5.91 Å². The van der Waals surface area contributed by atoms with Crippen LogP contribution in [0.4, 0.5) is 0 Å². The maximum atomic E-state index is 14.2. The predicted molar refractivity (Wildman–Crippen MR) is 146 cm³/mol. The second kappa shape index (κ2) is 11.8. The minimum absolute atomic E-state index is 0.0534. The Morgan fingerprint density at radius 2 is 1.97 bits per heavy atom. The number of aromatic nitrogens is 2. The maximum absolute atomic E-state index is 14.2. The van der Waals surface area contributed by atoms with Crippen LogP contribution in [0.1, 0.15) is 35.8 Å². The molecule has 2 aliphatic rings. The highest BCUT2D eigenvalue weighted by Gasteiger charge is 2.36. The number of amides is 2. The summed E-state index contributed by atoms with van der Waals surface area (Å²) >= 11 is 1.74. The van der Waals surface area contributed by atoms with Gasteiger partial charge in [0, 0.05) is 50.2 Å². The molecule has 1 unspecified atom stereocenters. The molecule has 1 aromatic carbocycles. The van der Waals surface area contributed by atoms with E-state index in [1.165, 1.54) is 4.88 Å². The van der Waals surface area contributed by atoms with Gasteiger partial charge in [-0.05, 0) is 42.3 Å². The van der Waals surface area contributed by atoms with E-state index in [1.54, 1.807) is 11.3 Å². The number of nitrogens with one attached hydrogen (secondary N) is 1. The molecule has 37 heavy (non-hydrogen) atoms. The smallest absolute Gasteiger partial charge is 0.290 e. The summed E-state index contributed by atoms with van der Waals surface area (Å²) in [5.41, 5.74) is 1.82. The predicted octanol–water partition coefficient (Wildman–Crippen LogP) is 3.28. The highest BCUT2D eigenvalue weighted by Crippen LogP contribution is 2.24. The third kappa shape index (κ3) is 5.89. The van der Waals surface area contributed by atoms with Crippen LogP contribution in [0.2, 0.25) is 0 Å². The molecule has 0 bridgehead atoms. The Bertz CT molecular complexity index is 1200. The molecule has 2 fully saturated rings. The molecule has 0 radical (unpaired) electrons. The van der Waals surface area contributed by atoms with E-state index >= 15 is 0 Å². The van der Waals surface area contributed by atoms with Gasteiger partial charge in [0.15, 0.2) is 5.82 Å². The third-order valence-corrected chi connectivity index (χ3v) is 8.21. The Morgan fingerprint density at radius 3 is 2.73 bits per heavy atom. The fraction of sp³-hybridized carbons (Fsp3) is 0.536. The number of aryl methyl sites for hydroxylation is 2. The number of thiophene rings is 1. The van der Waals surface area contributed by atoms with Crippen molar-refractivity contribution in [3.63, 3.8) is 0 Å². The van der Waals surface area contributed by atoms with Crippen molar-refractivity contribution in [1.82, 2.24) is 24.7 Å². The molecular formula is C28H37N5O3S. The summed E-state index contributed by atoms with van der Waals surface area (Å²) in [5.74, 6) is 0.753. The summed E-state index contributed by atoms with van der Waals surface area (Å²) in [6.45, 7) is 9.38. The molecule has 2 saturated heterocycles. The van der Waals surface area contributed by atoms with Crippen LogP contribution in [-0.4, -0.2) is 83.1 Å². The second-order valence-corrected chi connectivity index (χ2v) is 11.5. The largest absolute Gasteiger partial charge is 0.378 e. The van der Waals surface area contributed by atoms with Crippen LogP contribution in [0, 0.1) is 11.8 Å². The molecule has 9 heteroatoms. The standard InChI is InChI=1S/C28H37N5O3S/c1-20(2)19-33(22-16-21(17-29-18-22)27(34)31-11-13-36-14-12-31)28(35)26-30-24-7-3-4-8-25(24)32(26)10-9-23-6-5-15-37-23/h3-8,15,20-22,29H,9-14,16-19H2,1-2H3/t21?,22-/m0/s1. The zero-order valence-corrected chi connectivity index (χ0v) is 22.6. The van der Waals surface area contributed by atoms with Crippen molar-refractivity contribution >= 4 is 34.2 Å². The first kappa shape index (κ1) is 25.9. The number of benzene rings is 1. The van der Waals surface area contributed by atoms with Crippen LogP contribution in [0.25, 0.3) is 11.0 Å². The minimum atomic E-state index is -0.142. The van der Waals surface area contributed by atoms with Crippen LogP contribution in [-0.2, 0) is 22.5 Å². The first-order valence-electron chi connectivity index (χ1n) is 13.4. The summed E-state index contributed by atoms with van der Waals surface area (Å²) in [7, 11) is 0. The highest BCUT2D eigenvalue weighted by atomic mass is 32.1. The van der Waals surface area contributed by atoms with Gasteiger partial charge in [0.25, 0.3) is 5.91 Å². The van der Waals surface area contributed by atoms with Gasteiger partial charge in [-0.2, -0.15) is 0 Å². The quantitative estimate of drug-likeness (QED) is 0.490. The van der Waals surface area contributed by atoms with Crippen LogP contribution < -0.4 is 5.32 Å². The zero-order chi connectivity index (χ0) is 25.8. The van der Waals surface area contributed by atoms with Crippen LogP contribution in [0.3, 0.4) is 0 Å². The Hall–Kier alpha value is -2.75. The van der Waals surface area contributed by atoms with Crippen molar-refractivity contribution in [3.8, 4) is 0 Å². The number of nitrogens with zero attached hydrogens (tertiary/aromatic N) is 4. The van der Waals surface area contributed by atoms with Gasteiger partial charge in [-0.15, -0.1) is 11.3 Å². The van der Waals surface area contributed by atoms with Crippen molar-refractivity contribution in [2.45, 2.75) is 39.3 Å². The van der Waals surface area contributed by atoms with E-state index in [2.05, 4.69) is 41.2 Å². The van der Waals surface area contributed by atoms with E-state index in [1.807, 2.05) is 34.1 Å². The number of hydrogen-bond acceptors (Lipinski definition) is 6. The molecule has 4 heterocycles. The average molecular weight is 524 g/mol. The lowest BCUT2D eigenvalue weighted by Gasteiger charge is -2.40. The number of imidazole rings is 1. The molecule has 2 aliphatic heterocycles. The Balaban J connectivity index is 1.40. The second-order valence-electron chi connectivity index (χ2n) is 10.4. The molecule has 5 rings (SSSR count). The zero-order valence-electron chi connectivity index (χ0n) is 21.8. The number of hydrogen-bond donors (Lipinski definition) is 1. The Kier molecular flexibility index (Phi) is 8.22. The molecule has 198 valence electrons. The van der Waals surface area contributed by atoms with Gasteiger partial charge >= 0.3 is 0 Å². The summed E-state index contributed by atoms with van der Waals surface area (Å²) in [4.78, 5) is 37.5. The first-order chi connectivity index (χ1) is 18.0. The molecule has 0 saturated carbocycles. The lowest BCUT2D eigenvalue weighted by atomic mass is 9.92. The number of fused-ring (bicyclic) bond motifs is 1. The van der Waals surface area contributed by atoms with Crippen LogP contribution >= 0.6 is 11.3 Å².